The normalized spacial score (nSPS) is 19.2. The molecule has 27 heavy (non-hydrogen) atoms. The summed E-state index contributed by atoms with van der Waals surface area (Å²) in [5, 5.41) is 2.67. The van der Waals surface area contributed by atoms with E-state index < -0.39 is 23.3 Å². The lowest BCUT2D eigenvalue weighted by Gasteiger charge is -2.22. The minimum Gasteiger partial charge on any atom is -0.496 e. The van der Waals surface area contributed by atoms with Crippen LogP contribution in [-0.2, 0) is 16.9 Å². The standard InChI is InChI=1S/C20H19FN2O4/c1-12(24)13-4-9-17(27-3)14(10-13)11-23-18(25)20(2,22-19(23)26)15-5-7-16(21)8-6-15/h4-10H,11H2,1-3H3,(H,22,26)/t20-/m1/s1. The molecule has 1 saturated heterocycles. The zero-order chi connectivity index (χ0) is 19.8. The van der Waals surface area contributed by atoms with Crippen molar-refractivity contribution in [3.63, 3.8) is 0 Å². The third-order valence-corrected chi connectivity index (χ3v) is 4.71. The molecule has 0 spiro atoms. The molecule has 0 radical (unpaired) electrons. The zero-order valence-electron chi connectivity index (χ0n) is 15.2. The predicted molar refractivity (Wildman–Crippen MR) is 95.8 cm³/mol. The minimum atomic E-state index is -1.30. The van der Waals surface area contributed by atoms with Crippen LogP contribution in [0.5, 0.6) is 5.75 Å². The van der Waals surface area contributed by atoms with Gasteiger partial charge in [0.25, 0.3) is 5.91 Å². The topological polar surface area (TPSA) is 75.7 Å². The summed E-state index contributed by atoms with van der Waals surface area (Å²) < 4.78 is 18.5. The molecule has 140 valence electrons. The molecular weight excluding hydrogens is 351 g/mol. The van der Waals surface area contributed by atoms with Gasteiger partial charge in [-0.15, -0.1) is 0 Å². The van der Waals surface area contributed by atoms with Crippen LogP contribution >= 0.6 is 0 Å². The maximum atomic E-state index is 13.2. The van der Waals surface area contributed by atoms with Crippen molar-refractivity contribution in [3.05, 3.63) is 65.0 Å². The highest BCUT2D eigenvalue weighted by Crippen LogP contribution is 2.31. The first-order valence-electron chi connectivity index (χ1n) is 8.34. The average Bonchev–Trinajstić information content (AvgIpc) is 2.86. The van der Waals surface area contributed by atoms with Gasteiger partial charge in [0.15, 0.2) is 5.78 Å². The highest BCUT2D eigenvalue weighted by atomic mass is 19.1. The van der Waals surface area contributed by atoms with Gasteiger partial charge in [0.1, 0.15) is 17.1 Å². The fraction of sp³-hybridized carbons (Fsp3) is 0.250. The number of ether oxygens (including phenoxy) is 1. The smallest absolute Gasteiger partial charge is 0.325 e. The van der Waals surface area contributed by atoms with Crippen LogP contribution in [0.4, 0.5) is 9.18 Å². The Morgan fingerprint density at radius 3 is 2.44 bits per heavy atom. The molecule has 0 saturated carbocycles. The summed E-state index contributed by atoms with van der Waals surface area (Å²) in [6.07, 6.45) is 0. The quantitative estimate of drug-likeness (QED) is 0.648. The summed E-state index contributed by atoms with van der Waals surface area (Å²) in [6, 6.07) is 9.70. The van der Waals surface area contributed by atoms with Crippen molar-refractivity contribution in [3.8, 4) is 5.75 Å². The van der Waals surface area contributed by atoms with Crippen LogP contribution in [0.15, 0.2) is 42.5 Å². The lowest BCUT2D eigenvalue weighted by molar-refractivity contribution is -0.131. The second-order valence-electron chi connectivity index (χ2n) is 6.54. The molecule has 6 nitrogen and oxygen atoms in total. The highest BCUT2D eigenvalue weighted by molar-refractivity contribution is 6.07. The van der Waals surface area contributed by atoms with Gasteiger partial charge >= 0.3 is 6.03 Å². The Hall–Kier alpha value is -3.22. The highest BCUT2D eigenvalue weighted by Gasteiger charge is 2.49. The summed E-state index contributed by atoms with van der Waals surface area (Å²) in [6.45, 7) is 2.96. The number of hydrogen-bond donors (Lipinski definition) is 1. The molecular formula is C20H19FN2O4. The lowest BCUT2D eigenvalue weighted by Crippen LogP contribution is -2.40. The maximum Gasteiger partial charge on any atom is 0.325 e. The van der Waals surface area contributed by atoms with E-state index in [0.29, 0.717) is 22.4 Å². The number of ketones is 1. The minimum absolute atomic E-state index is 0.0499. The first-order valence-corrected chi connectivity index (χ1v) is 8.34. The molecule has 3 amide bonds. The van der Waals surface area contributed by atoms with Crippen LogP contribution in [0.1, 0.15) is 35.3 Å². The Kier molecular flexibility index (Phi) is 4.70. The van der Waals surface area contributed by atoms with Gasteiger partial charge in [0, 0.05) is 11.1 Å². The molecule has 1 aliphatic heterocycles. The van der Waals surface area contributed by atoms with Crippen molar-refractivity contribution in [1.82, 2.24) is 10.2 Å². The fourth-order valence-electron chi connectivity index (χ4n) is 3.11. The number of imide groups is 1. The molecule has 3 rings (SSSR count). The van der Waals surface area contributed by atoms with Gasteiger partial charge in [-0.2, -0.15) is 0 Å². The van der Waals surface area contributed by atoms with Crippen molar-refractivity contribution in [1.29, 1.82) is 0 Å². The van der Waals surface area contributed by atoms with E-state index in [4.69, 9.17) is 4.74 Å². The number of rotatable bonds is 5. The number of amides is 3. The molecule has 7 heteroatoms. The lowest BCUT2D eigenvalue weighted by atomic mass is 9.92. The van der Waals surface area contributed by atoms with E-state index in [1.165, 1.54) is 38.3 Å². The van der Waals surface area contributed by atoms with Crippen molar-refractivity contribution in [2.75, 3.05) is 7.11 Å². The van der Waals surface area contributed by atoms with E-state index in [1.807, 2.05) is 0 Å². The number of nitrogens with one attached hydrogen (secondary N) is 1. The van der Waals surface area contributed by atoms with Crippen molar-refractivity contribution in [2.45, 2.75) is 25.9 Å². The van der Waals surface area contributed by atoms with E-state index in [1.54, 1.807) is 25.1 Å². The molecule has 1 heterocycles. The molecule has 0 aliphatic carbocycles. The van der Waals surface area contributed by atoms with Gasteiger partial charge < -0.3 is 10.1 Å². The first-order chi connectivity index (χ1) is 12.8. The second kappa shape index (κ2) is 6.83. The van der Waals surface area contributed by atoms with E-state index >= 15 is 0 Å². The van der Waals surface area contributed by atoms with Crippen molar-refractivity contribution < 1.29 is 23.5 Å². The SMILES string of the molecule is COc1ccc(C(C)=O)cc1CN1C(=O)N[C@](C)(c2ccc(F)cc2)C1=O. The Morgan fingerprint density at radius 2 is 1.85 bits per heavy atom. The summed E-state index contributed by atoms with van der Waals surface area (Å²) in [4.78, 5) is 38.2. The van der Waals surface area contributed by atoms with Crippen LogP contribution in [0, 0.1) is 5.82 Å². The molecule has 2 aromatic rings. The van der Waals surface area contributed by atoms with Gasteiger partial charge in [-0.3, -0.25) is 14.5 Å². The Morgan fingerprint density at radius 1 is 1.19 bits per heavy atom. The third kappa shape index (κ3) is 3.28. The van der Waals surface area contributed by atoms with Crippen LogP contribution in [0.3, 0.4) is 0 Å². The van der Waals surface area contributed by atoms with Gasteiger partial charge in [0.2, 0.25) is 0 Å². The Balaban J connectivity index is 1.93. The second-order valence-corrected chi connectivity index (χ2v) is 6.54. The van der Waals surface area contributed by atoms with Gasteiger partial charge in [0.05, 0.1) is 13.7 Å². The van der Waals surface area contributed by atoms with Gasteiger partial charge in [-0.25, -0.2) is 9.18 Å². The molecule has 0 aromatic heterocycles. The Bertz CT molecular complexity index is 926. The number of urea groups is 1. The van der Waals surface area contributed by atoms with Crippen LogP contribution in [-0.4, -0.2) is 29.7 Å². The van der Waals surface area contributed by atoms with Crippen LogP contribution < -0.4 is 10.1 Å². The molecule has 0 unspecified atom stereocenters. The molecule has 1 fully saturated rings. The fourth-order valence-corrected chi connectivity index (χ4v) is 3.11. The van der Waals surface area contributed by atoms with Crippen molar-refractivity contribution in [2.24, 2.45) is 0 Å². The first kappa shape index (κ1) is 18.6. The number of methoxy groups -OCH3 is 1. The van der Waals surface area contributed by atoms with Crippen LogP contribution in [0.2, 0.25) is 0 Å². The zero-order valence-corrected chi connectivity index (χ0v) is 15.2. The summed E-state index contributed by atoms with van der Waals surface area (Å²) in [7, 11) is 1.47. The molecule has 0 bridgehead atoms. The summed E-state index contributed by atoms with van der Waals surface area (Å²) in [5.74, 6) is -0.556. The van der Waals surface area contributed by atoms with Gasteiger partial charge in [-0.05, 0) is 49.7 Å². The Labute approximate surface area is 155 Å². The number of benzene rings is 2. The molecule has 1 N–H and O–H groups in total. The largest absolute Gasteiger partial charge is 0.496 e. The number of nitrogens with zero attached hydrogens (tertiary/aromatic N) is 1. The molecule has 2 aromatic carbocycles. The van der Waals surface area contributed by atoms with E-state index in [9.17, 15) is 18.8 Å². The summed E-state index contributed by atoms with van der Waals surface area (Å²) >= 11 is 0. The number of carbonyl (C=O) groups is 3. The van der Waals surface area contributed by atoms with Crippen LogP contribution in [0.25, 0.3) is 0 Å². The average molecular weight is 370 g/mol. The number of halogens is 1. The van der Waals surface area contributed by atoms with Gasteiger partial charge in [-0.1, -0.05) is 12.1 Å². The van der Waals surface area contributed by atoms with E-state index in [0.717, 1.165) is 4.90 Å². The number of carbonyl (C=O) groups excluding carboxylic acids is 3. The number of hydrogen-bond acceptors (Lipinski definition) is 4. The van der Waals surface area contributed by atoms with E-state index in [2.05, 4.69) is 5.32 Å². The predicted octanol–water partition coefficient (Wildman–Crippen LogP) is 3.00. The van der Waals surface area contributed by atoms with Crippen molar-refractivity contribution >= 4 is 17.7 Å². The molecule has 1 aliphatic rings. The number of Topliss-reactive ketones (excluding diaryl/α,β-unsaturated/α-hetero) is 1. The van der Waals surface area contributed by atoms with E-state index in [-0.39, 0.29) is 12.3 Å². The monoisotopic (exact) mass is 370 g/mol. The summed E-state index contributed by atoms with van der Waals surface area (Å²) in [5.41, 5.74) is 0.182. The third-order valence-electron chi connectivity index (χ3n) is 4.71. The molecule has 1 atom stereocenters. The maximum absolute atomic E-state index is 13.2.